The monoisotopic (exact) mass is 192 g/mol. The van der Waals surface area contributed by atoms with E-state index in [0.29, 0.717) is 5.57 Å². The third-order valence-electron chi connectivity index (χ3n) is 1.73. The second-order valence-electron chi connectivity index (χ2n) is 2.62. The molecule has 0 heterocycles. The van der Waals surface area contributed by atoms with Crippen LogP contribution in [0.5, 0.6) is 0 Å². The van der Waals surface area contributed by atoms with Crippen molar-refractivity contribution in [3.8, 4) is 0 Å². The van der Waals surface area contributed by atoms with Gasteiger partial charge in [0.1, 0.15) is 5.57 Å². The Bertz CT molecular complexity index is 328. The maximum absolute atomic E-state index is 11.3. The van der Waals surface area contributed by atoms with Crippen molar-refractivity contribution >= 4 is 11.5 Å². The molecule has 1 aromatic rings. The van der Waals surface area contributed by atoms with Crippen LogP contribution in [-0.4, -0.2) is 20.2 Å². The van der Waals surface area contributed by atoms with Gasteiger partial charge in [0, 0.05) is 0 Å². The molecule has 0 bridgehead atoms. The third kappa shape index (κ3) is 2.36. The first kappa shape index (κ1) is 10.3. The Kier molecular flexibility index (Phi) is 3.73. The highest BCUT2D eigenvalue weighted by atomic mass is 16.5. The molecule has 1 rings (SSSR count). The van der Waals surface area contributed by atoms with Crippen molar-refractivity contribution < 1.29 is 14.3 Å². The number of methoxy groups -OCH3 is 2. The molecule has 74 valence electrons. The number of rotatable bonds is 3. The molecule has 0 N–H and O–H groups in total. The van der Waals surface area contributed by atoms with Crippen LogP contribution in [0.3, 0.4) is 0 Å². The Morgan fingerprint density at radius 2 is 1.86 bits per heavy atom. The summed E-state index contributed by atoms with van der Waals surface area (Å²) in [5, 5.41) is 0. The molecule has 0 amide bonds. The summed E-state index contributed by atoms with van der Waals surface area (Å²) in [7, 11) is 2.83. The van der Waals surface area contributed by atoms with Gasteiger partial charge in [-0.1, -0.05) is 30.3 Å². The lowest BCUT2D eigenvalue weighted by molar-refractivity contribution is -0.133. The topological polar surface area (TPSA) is 35.5 Å². The number of carbonyl (C=O) groups is 1. The quantitative estimate of drug-likeness (QED) is 0.416. The Balaban J connectivity index is 3.02. The van der Waals surface area contributed by atoms with E-state index >= 15 is 0 Å². The second-order valence-corrected chi connectivity index (χ2v) is 2.62. The standard InChI is InChI=1S/C11H12O3/c1-13-8-10(11(12)14-2)9-6-4-3-5-7-9/h3-8H,1-2H3/b10-8-. The van der Waals surface area contributed by atoms with Crippen LogP contribution in [0.1, 0.15) is 5.56 Å². The third-order valence-corrected chi connectivity index (χ3v) is 1.73. The molecular formula is C11H12O3. The molecule has 0 aliphatic rings. The maximum atomic E-state index is 11.3. The molecule has 3 nitrogen and oxygen atoms in total. The van der Waals surface area contributed by atoms with E-state index in [4.69, 9.17) is 4.74 Å². The van der Waals surface area contributed by atoms with E-state index in [2.05, 4.69) is 4.74 Å². The summed E-state index contributed by atoms with van der Waals surface area (Å²) in [6.07, 6.45) is 1.38. The predicted molar refractivity (Wildman–Crippen MR) is 53.4 cm³/mol. The number of ether oxygens (including phenoxy) is 2. The lowest BCUT2D eigenvalue weighted by Crippen LogP contribution is -2.04. The molecule has 3 heteroatoms. The van der Waals surface area contributed by atoms with Crippen LogP contribution in [-0.2, 0) is 14.3 Å². The van der Waals surface area contributed by atoms with E-state index in [9.17, 15) is 4.79 Å². The summed E-state index contributed by atoms with van der Waals surface area (Å²) < 4.78 is 9.45. The van der Waals surface area contributed by atoms with Crippen LogP contribution >= 0.6 is 0 Å². The molecule has 0 aliphatic heterocycles. The van der Waals surface area contributed by atoms with E-state index in [1.54, 1.807) is 0 Å². The number of hydrogen-bond donors (Lipinski definition) is 0. The maximum Gasteiger partial charge on any atom is 0.341 e. The Hall–Kier alpha value is -1.77. The first-order valence-electron chi connectivity index (χ1n) is 4.16. The van der Waals surface area contributed by atoms with Crippen molar-refractivity contribution in [1.29, 1.82) is 0 Å². The number of benzene rings is 1. The van der Waals surface area contributed by atoms with E-state index in [1.165, 1.54) is 20.5 Å². The van der Waals surface area contributed by atoms with Gasteiger partial charge in [-0.25, -0.2) is 4.79 Å². The summed E-state index contributed by atoms with van der Waals surface area (Å²) in [5.41, 5.74) is 1.19. The fraction of sp³-hybridized carbons (Fsp3) is 0.182. The van der Waals surface area contributed by atoms with Gasteiger partial charge in [-0.2, -0.15) is 0 Å². The molecule has 0 fully saturated rings. The number of hydrogen-bond acceptors (Lipinski definition) is 3. The summed E-state index contributed by atoms with van der Waals surface area (Å²) in [4.78, 5) is 11.3. The largest absolute Gasteiger partial charge is 0.503 e. The predicted octanol–water partition coefficient (Wildman–Crippen LogP) is 1.85. The van der Waals surface area contributed by atoms with E-state index in [0.717, 1.165) is 5.56 Å². The lowest BCUT2D eigenvalue weighted by atomic mass is 10.1. The van der Waals surface area contributed by atoms with Gasteiger partial charge in [0.2, 0.25) is 0 Å². The average Bonchev–Trinajstić information content (AvgIpc) is 2.26. The molecule has 14 heavy (non-hydrogen) atoms. The molecule has 0 unspecified atom stereocenters. The summed E-state index contributed by atoms with van der Waals surface area (Å²) >= 11 is 0. The van der Waals surface area contributed by atoms with E-state index < -0.39 is 5.97 Å². The molecule has 0 aliphatic carbocycles. The SMILES string of the molecule is CO/C=C(\C(=O)OC)c1ccccc1. The normalized spacial score (nSPS) is 10.9. The molecule has 0 radical (unpaired) electrons. The summed E-state index contributed by atoms with van der Waals surface area (Å²) in [6.45, 7) is 0. The van der Waals surface area contributed by atoms with Gasteiger partial charge in [-0.15, -0.1) is 0 Å². The van der Waals surface area contributed by atoms with Crippen LogP contribution < -0.4 is 0 Å². The Morgan fingerprint density at radius 3 is 2.36 bits per heavy atom. The van der Waals surface area contributed by atoms with Gasteiger partial charge in [0.15, 0.2) is 0 Å². The molecule has 0 saturated heterocycles. The first-order chi connectivity index (χ1) is 6.79. The Morgan fingerprint density at radius 1 is 1.21 bits per heavy atom. The van der Waals surface area contributed by atoms with Gasteiger partial charge in [0.25, 0.3) is 0 Å². The van der Waals surface area contributed by atoms with Crippen molar-refractivity contribution in [3.63, 3.8) is 0 Å². The van der Waals surface area contributed by atoms with Crippen molar-refractivity contribution in [2.45, 2.75) is 0 Å². The number of esters is 1. The van der Waals surface area contributed by atoms with E-state index in [1.807, 2.05) is 30.3 Å². The molecule has 0 saturated carbocycles. The van der Waals surface area contributed by atoms with Crippen LogP contribution in [0.25, 0.3) is 5.57 Å². The van der Waals surface area contributed by atoms with E-state index in [-0.39, 0.29) is 0 Å². The lowest BCUT2D eigenvalue weighted by Gasteiger charge is -2.04. The smallest absolute Gasteiger partial charge is 0.341 e. The molecule has 0 atom stereocenters. The number of carbonyl (C=O) groups excluding carboxylic acids is 1. The van der Waals surface area contributed by atoms with Crippen LogP contribution in [0, 0.1) is 0 Å². The fourth-order valence-corrected chi connectivity index (χ4v) is 1.08. The highest BCUT2D eigenvalue weighted by Gasteiger charge is 2.11. The van der Waals surface area contributed by atoms with Gasteiger partial charge >= 0.3 is 5.97 Å². The highest BCUT2D eigenvalue weighted by Crippen LogP contribution is 2.15. The molecule has 0 aromatic heterocycles. The van der Waals surface area contributed by atoms with Gasteiger partial charge < -0.3 is 9.47 Å². The second kappa shape index (κ2) is 5.07. The zero-order valence-electron chi connectivity index (χ0n) is 8.19. The zero-order valence-corrected chi connectivity index (χ0v) is 8.19. The fourth-order valence-electron chi connectivity index (χ4n) is 1.08. The minimum atomic E-state index is -0.405. The van der Waals surface area contributed by atoms with Crippen molar-refractivity contribution in [2.75, 3.05) is 14.2 Å². The van der Waals surface area contributed by atoms with Crippen molar-refractivity contribution in [1.82, 2.24) is 0 Å². The summed E-state index contributed by atoms with van der Waals surface area (Å²) in [5.74, 6) is -0.405. The average molecular weight is 192 g/mol. The van der Waals surface area contributed by atoms with Crippen molar-refractivity contribution in [3.05, 3.63) is 42.2 Å². The zero-order chi connectivity index (χ0) is 10.4. The van der Waals surface area contributed by atoms with Crippen LogP contribution in [0.2, 0.25) is 0 Å². The molecule has 1 aromatic carbocycles. The minimum absolute atomic E-state index is 0.405. The Labute approximate surface area is 83.0 Å². The van der Waals surface area contributed by atoms with Crippen LogP contribution in [0.15, 0.2) is 36.6 Å². The first-order valence-corrected chi connectivity index (χ1v) is 4.16. The molecular weight excluding hydrogens is 180 g/mol. The van der Waals surface area contributed by atoms with Gasteiger partial charge in [-0.05, 0) is 5.56 Å². The van der Waals surface area contributed by atoms with Crippen molar-refractivity contribution in [2.24, 2.45) is 0 Å². The highest BCUT2D eigenvalue weighted by molar-refractivity contribution is 6.16. The minimum Gasteiger partial charge on any atom is -0.503 e. The van der Waals surface area contributed by atoms with Gasteiger partial charge in [0.05, 0.1) is 20.5 Å². The van der Waals surface area contributed by atoms with Gasteiger partial charge in [-0.3, -0.25) is 0 Å². The van der Waals surface area contributed by atoms with Crippen LogP contribution in [0.4, 0.5) is 0 Å². The summed E-state index contributed by atoms with van der Waals surface area (Å²) in [6, 6.07) is 9.22. The molecule has 0 spiro atoms.